The lowest BCUT2D eigenvalue weighted by molar-refractivity contribution is 0.415. The van der Waals surface area contributed by atoms with Gasteiger partial charge < -0.3 is 9.04 Å². The van der Waals surface area contributed by atoms with Crippen LogP contribution in [0.5, 0.6) is 5.75 Å². The minimum Gasteiger partial charge on any atom is -0.497 e. The molecule has 0 unspecified atom stereocenters. The van der Waals surface area contributed by atoms with Gasteiger partial charge in [0.2, 0.25) is 0 Å². The predicted molar refractivity (Wildman–Crippen MR) is 61.9 cm³/mol. The predicted octanol–water partition coefficient (Wildman–Crippen LogP) is 2.72. The molecule has 1 aromatic rings. The van der Waals surface area contributed by atoms with Gasteiger partial charge in [-0.3, -0.25) is 0 Å². The van der Waals surface area contributed by atoms with E-state index < -0.39 is 0 Å². The van der Waals surface area contributed by atoms with Gasteiger partial charge in [-0.05, 0) is 36.2 Å². The number of methoxy groups -OCH3 is 1. The summed E-state index contributed by atoms with van der Waals surface area (Å²) in [5, 5.41) is 0. The molecule has 0 saturated carbocycles. The summed E-state index contributed by atoms with van der Waals surface area (Å²) in [7, 11) is 1.69. The number of rotatable bonds is 2. The van der Waals surface area contributed by atoms with Gasteiger partial charge in [0.15, 0.2) is 0 Å². The van der Waals surface area contributed by atoms with Crippen LogP contribution >= 0.6 is 11.9 Å². The van der Waals surface area contributed by atoms with Gasteiger partial charge in [-0.25, -0.2) is 0 Å². The summed E-state index contributed by atoms with van der Waals surface area (Å²) >= 11 is 1.84. The lowest BCUT2D eigenvalue weighted by Crippen LogP contribution is -2.17. The first-order valence-corrected chi connectivity index (χ1v) is 5.54. The quantitative estimate of drug-likeness (QED) is 0.546. The van der Waals surface area contributed by atoms with E-state index in [1.54, 1.807) is 7.11 Å². The van der Waals surface area contributed by atoms with E-state index in [1.165, 1.54) is 5.69 Å². The van der Waals surface area contributed by atoms with E-state index in [9.17, 15) is 0 Å². The Morgan fingerprint density at radius 2 is 2.00 bits per heavy atom. The highest BCUT2D eigenvalue weighted by Gasteiger charge is 2.07. The maximum absolute atomic E-state index is 5.12. The Morgan fingerprint density at radius 1 is 1.21 bits per heavy atom. The summed E-state index contributed by atoms with van der Waals surface area (Å²) in [5.41, 5.74) is 1.24. The third-order valence-corrected chi connectivity index (χ3v) is 3.14. The van der Waals surface area contributed by atoms with Crippen LogP contribution in [0.15, 0.2) is 36.4 Å². The zero-order chi connectivity index (χ0) is 9.80. The van der Waals surface area contributed by atoms with Gasteiger partial charge in [0.1, 0.15) is 5.75 Å². The fourth-order valence-corrected chi connectivity index (χ4v) is 2.22. The van der Waals surface area contributed by atoms with Gasteiger partial charge in [0.25, 0.3) is 0 Å². The molecular weight excluding hydrogens is 194 g/mol. The van der Waals surface area contributed by atoms with Crippen LogP contribution in [0.4, 0.5) is 5.69 Å². The van der Waals surface area contributed by atoms with Crippen LogP contribution in [-0.2, 0) is 0 Å². The van der Waals surface area contributed by atoms with Crippen molar-refractivity contribution >= 4 is 17.6 Å². The molecule has 0 radical (unpaired) electrons. The molecule has 2 rings (SSSR count). The van der Waals surface area contributed by atoms with Gasteiger partial charge in [-0.1, -0.05) is 12.2 Å². The largest absolute Gasteiger partial charge is 0.497 e. The van der Waals surface area contributed by atoms with Crippen molar-refractivity contribution in [2.75, 3.05) is 23.7 Å². The van der Waals surface area contributed by atoms with Crippen LogP contribution in [0.2, 0.25) is 0 Å². The van der Waals surface area contributed by atoms with E-state index in [-0.39, 0.29) is 0 Å². The molecule has 0 N–H and O–H groups in total. The first kappa shape index (κ1) is 9.46. The highest BCUT2D eigenvalue weighted by atomic mass is 32.2. The number of nitrogens with zero attached hydrogens (tertiary/aromatic N) is 1. The molecule has 0 saturated heterocycles. The van der Waals surface area contributed by atoms with Crippen molar-refractivity contribution in [3.63, 3.8) is 0 Å². The Kier molecular flexibility index (Phi) is 2.99. The molecular formula is C11H13NOS. The fraction of sp³-hybridized carbons (Fsp3) is 0.273. The monoisotopic (exact) mass is 207 g/mol. The van der Waals surface area contributed by atoms with Crippen molar-refractivity contribution in [1.82, 2.24) is 0 Å². The minimum atomic E-state index is 0.909. The van der Waals surface area contributed by atoms with Crippen LogP contribution in [-0.4, -0.2) is 19.4 Å². The standard InChI is InChI=1S/C11H13NOS/c1-13-11-6-4-10(5-7-11)12-8-2-3-9-14-12/h2-7H,8-9H2,1H3. The second-order valence-corrected chi connectivity index (χ2v) is 4.06. The average Bonchev–Trinajstić information content (AvgIpc) is 2.30. The molecule has 0 bridgehead atoms. The molecule has 0 spiro atoms. The summed E-state index contributed by atoms with van der Waals surface area (Å²) in [5.74, 6) is 1.97. The summed E-state index contributed by atoms with van der Waals surface area (Å²) < 4.78 is 7.39. The topological polar surface area (TPSA) is 12.5 Å². The van der Waals surface area contributed by atoms with Gasteiger partial charge in [-0.2, -0.15) is 0 Å². The van der Waals surface area contributed by atoms with Crippen LogP contribution in [0.3, 0.4) is 0 Å². The van der Waals surface area contributed by atoms with Crippen LogP contribution in [0.1, 0.15) is 0 Å². The Labute approximate surface area is 88.7 Å². The molecule has 0 atom stereocenters. The highest BCUT2D eigenvalue weighted by Crippen LogP contribution is 2.26. The smallest absolute Gasteiger partial charge is 0.119 e. The third kappa shape index (κ3) is 2.04. The van der Waals surface area contributed by atoms with Gasteiger partial charge in [0, 0.05) is 18.0 Å². The van der Waals surface area contributed by atoms with E-state index in [1.807, 2.05) is 24.1 Å². The van der Waals surface area contributed by atoms with Gasteiger partial charge in [-0.15, -0.1) is 0 Å². The third-order valence-electron chi connectivity index (χ3n) is 2.12. The van der Waals surface area contributed by atoms with Crippen molar-refractivity contribution in [2.45, 2.75) is 0 Å². The average molecular weight is 207 g/mol. The van der Waals surface area contributed by atoms with Crippen molar-refractivity contribution in [3.05, 3.63) is 36.4 Å². The lowest BCUT2D eigenvalue weighted by Gasteiger charge is -2.23. The number of hydrogen-bond acceptors (Lipinski definition) is 3. The van der Waals surface area contributed by atoms with Gasteiger partial charge >= 0.3 is 0 Å². The van der Waals surface area contributed by atoms with Crippen molar-refractivity contribution < 1.29 is 4.74 Å². The summed E-state index contributed by atoms with van der Waals surface area (Å²) in [6, 6.07) is 8.17. The number of hydrogen-bond donors (Lipinski definition) is 0. The molecule has 2 nitrogen and oxygen atoms in total. The van der Waals surface area contributed by atoms with Gasteiger partial charge in [0.05, 0.1) is 7.11 Å². The second kappa shape index (κ2) is 4.42. The SMILES string of the molecule is COc1ccc(N2CC=CCS2)cc1. The zero-order valence-electron chi connectivity index (χ0n) is 8.14. The Balaban J connectivity index is 2.12. The summed E-state index contributed by atoms with van der Waals surface area (Å²) in [4.78, 5) is 0. The molecule has 0 aromatic heterocycles. The first-order chi connectivity index (χ1) is 6.90. The number of ether oxygens (including phenoxy) is 1. The Bertz CT molecular complexity index is 321. The second-order valence-electron chi connectivity index (χ2n) is 3.03. The van der Waals surface area contributed by atoms with Crippen LogP contribution < -0.4 is 9.04 Å². The molecule has 1 heterocycles. The van der Waals surface area contributed by atoms with E-state index in [2.05, 4.69) is 28.6 Å². The normalized spacial score (nSPS) is 15.6. The Hall–Kier alpha value is -1.09. The summed E-state index contributed by atoms with van der Waals surface area (Å²) in [6.07, 6.45) is 4.39. The van der Waals surface area contributed by atoms with E-state index in [4.69, 9.17) is 4.74 Å². The summed E-state index contributed by atoms with van der Waals surface area (Å²) in [6.45, 7) is 0.983. The fourth-order valence-electron chi connectivity index (χ4n) is 1.35. The molecule has 14 heavy (non-hydrogen) atoms. The van der Waals surface area contributed by atoms with E-state index in [0.717, 1.165) is 18.0 Å². The molecule has 1 aliphatic rings. The highest BCUT2D eigenvalue weighted by molar-refractivity contribution is 8.00. The van der Waals surface area contributed by atoms with E-state index in [0.29, 0.717) is 0 Å². The van der Waals surface area contributed by atoms with Crippen LogP contribution in [0, 0.1) is 0 Å². The molecule has 3 heteroatoms. The minimum absolute atomic E-state index is 0.909. The number of anilines is 1. The van der Waals surface area contributed by atoms with E-state index >= 15 is 0 Å². The van der Waals surface area contributed by atoms with Crippen molar-refractivity contribution in [3.8, 4) is 5.75 Å². The van der Waals surface area contributed by atoms with Crippen molar-refractivity contribution in [2.24, 2.45) is 0 Å². The molecule has 1 aliphatic heterocycles. The number of benzene rings is 1. The lowest BCUT2D eigenvalue weighted by atomic mass is 10.3. The maximum atomic E-state index is 5.12. The maximum Gasteiger partial charge on any atom is 0.119 e. The molecule has 0 fully saturated rings. The van der Waals surface area contributed by atoms with Crippen LogP contribution in [0.25, 0.3) is 0 Å². The Morgan fingerprint density at radius 3 is 2.57 bits per heavy atom. The zero-order valence-corrected chi connectivity index (χ0v) is 8.96. The molecule has 0 amide bonds. The molecule has 1 aromatic carbocycles. The molecule has 0 aliphatic carbocycles. The first-order valence-electron chi connectivity index (χ1n) is 4.59. The molecule has 74 valence electrons. The van der Waals surface area contributed by atoms with Crippen molar-refractivity contribution in [1.29, 1.82) is 0 Å².